The molecule has 0 unspecified atom stereocenters. The molecule has 126 valence electrons. The van der Waals surface area contributed by atoms with Crippen LogP contribution in [0.5, 0.6) is 0 Å². The molecular weight excluding hydrogens is 431 g/mol. The molecule has 0 spiro atoms. The van der Waals surface area contributed by atoms with E-state index in [1.165, 1.54) is 13.3 Å². The number of carbonyl (C=O) groups excluding carboxylic acids is 1. The Balaban J connectivity index is 2.05. The standard InChI is InChI=1S/C18H15IN4O2/c1-11-5-6-13(19)8-15(11)22-18-21-10-14(17(24)25-2)16(23-18)12-4-3-7-20-9-12/h3-10H,1-2H3,(H,21,22,23). The Kier molecular flexibility index (Phi) is 5.22. The van der Waals surface area contributed by atoms with Crippen molar-refractivity contribution in [3.63, 3.8) is 0 Å². The summed E-state index contributed by atoms with van der Waals surface area (Å²) in [7, 11) is 1.33. The fourth-order valence-electron chi connectivity index (χ4n) is 2.27. The second kappa shape index (κ2) is 7.56. The van der Waals surface area contributed by atoms with Crippen molar-refractivity contribution in [1.82, 2.24) is 15.0 Å². The zero-order valence-electron chi connectivity index (χ0n) is 13.7. The van der Waals surface area contributed by atoms with E-state index in [1.807, 2.05) is 31.2 Å². The first-order chi connectivity index (χ1) is 12.1. The number of halogens is 1. The molecule has 1 aromatic carbocycles. The number of rotatable bonds is 4. The van der Waals surface area contributed by atoms with E-state index in [0.717, 1.165) is 14.8 Å². The number of nitrogens with zero attached hydrogens (tertiary/aromatic N) is 3. The molecule has 3 rings (SSSR count). The van der Waals surface area contributed by atoms with Gasteiger partial charge in [0.25, 0.3) is 0 Å². The fraction of sp³-hybridized carbons (Fsp3) is 0.111. The minimum Gasteiger partial charge on any atom is -0.465 e. The third-order valence-electron chi connectivity index (χ3n) is 3.58. The van der Waals surface area contributed by atoms with Crippen molar-refractivity contribution < 1.29 is 9.53 Å². The fourth-order valence-corrected chi connectivity index (χ4v) is 2.76. The Bertz CT molecular complexity index is 916. The summed E-state index contributed by atoms with van der Waals surface area (Å²) in [4.78, 5) is 24.9. The normalized spacial score (nSPS) is 10.4. The third-order valence-corrected chi connectivity index (χ3v) is 4.25. The molecule has 0 radical (unpaired) electrons. The van der Waals surface area contributed by atoms with Crippen LogP contribution in [-0.4, -0.2) is 28.0 Å². The summed E-state index contributed by atoms with van der Waals surface area (Å²) in [6.45, 7) is 2.00. The van der Waals surface area contributed by atoms with Gasteiger partial charge in [-0.3, -0.25) is 4.98 Å². The van der Waals surface area contributed by atoms with Gasteiger partial charge in [-0.1, -0.05) is 6.07 Å². The highest BCUT2D eigenvalue weighted by molar-refractivity contribution is 14.1. The van der Waals surface area contributed by atoms with E-state index < -0.39 is 5.97 Å². The quantitative estimate of drug-likeness (QED) is 0.483. The van der Waals surface area contributed by atoms with Crippen LogP contribution >= 0.6 is 22.6 Å². The molecular formula is C18H15IN4O2. The van der Waals surface area contributed by atoms with E-state index >= 15 is 0 Å². The van der Waals surface area contributed by atoms with Gasteiger partial charge in [-0.25, -0.2) is 14.8 Å². The monoisotopic (exact) mass is 446 g/mol. The average Bonchev–Trinajstić information content (AvgIpc) is 2.65. The van der Waals surface area contributed by atoms with Crippen LogP contribution < -0.4 is 5.32 Å². The predicted molar refractivity (Wildman–Crippen MR) is 104 cm³/mol. The highest BCUT2D eigenvalue weighted by atomic mass is 127. The molecule has 2 aromatic heterocycles. The number of aryl methyl sites for hydroxylation is 1. The van der Waals surface area contributed by atoms with Crippen LogP contribution in [0, 0.1) is 10.5 Å². The average molecular weight is 446 g/mol. The molecule has 0 aliphatic heterocycles. The number of hydrogen-bond acceptors (Lipinski definition) is 6. The maximum atomic E-state index is 12.0. The Morgan fingerprint density at radius 1 is 1.24 bits per heavy atom. The molecule has 0 atom stereocenters. The zero-order chi connectivity index (χ0) is 17.8. The van der Waals surface area contributed by atoms with Gasteiger partial charge >= 0.3 is 5.97 Å². The summed E-state index contributed by atoms with van der Waals surface area (Å²) in [5.74, 6) is -0.0903. The summed E-state index contributed by atoms with van der Waals surface area (Å²) < 4.78 is 5.93. The van der Waals surface area contributed by atoms with Gasteiger partial charge in [0.05, 0.1) is 12.8 Å². The minimum atomic E-state index is -0.490. The summed E-state index contributed by atoms with van der Waals surface area (Å²) in [6.07, 6.45) is 4.78. The molecule has 0 bridgehead atoms. The molecule has 0 amide bonds. The minimum absolute atomic E-state index is 0.292. The lowest BCUT2D eigenvalue weighted by Gasteiger charge is -2.12. The molecule has 2 heterocycles. The van der Waals surface area contributed by atoms with Crippen molar-refractivity contribution in [1.29, 1.82) is 0 Å². The Morgan fingerprint density at radius 3 is 2.80 bits per heavy atom. The molecule has 0 saturated carbocycles. The van der Waals surface area contributed by atoms with Crippen LogP contribution in [0.2, 0.25) is 0 Å². The molecule has 7 heteroatoms. The van der Waals surface area contributed by atoms with E-state index in [2.05, 4.69) is 42.9 Å². The van der Waals surface area contributed by atoms with Crippen LogP contribution in [0.25, 0.3) is 11.3 Å². The highest BCUT2D eigenvalue weighted by Crippen LogP contribution is 2.25. The number of nitrogens with one attached hydrogen (secondary N) is 1. The summed E-state index contributed by atoms with van der Waals surface area (Å²) in [6, 6.07) is 9.69. The Morgan fingerprint density at radius 2 is 2.08 bits per heavy atom. The van der Waals surface area contributed by atoms with Crippen molar-refractivity contribution in [2.45, 2.75) is 6.92 Å². The largest absolute Gasteiger partial charge is 0.465 e. The summed E-state index contributed by atoms with van der Waals surface area (Å²) in [5, 5.41) is 3.21. The first-order valence-corrected chi connectivity index (χ1v) is 8.55. The molecule has 3 aromatic rings. The number of esters is 1. The van der Waals surface area contributed by atoms with Gasteiger partial charge in [0.15, 0.2) is 0 Å². The highest BCUT2D eigenvalue weighted by Gasteiger charge is 2.17. The van der Waals surface area contributed by atoms with Crippen LogP contribution in [-0.2, 0) is 4.74 Å². The SMILES string of the molecule is COC(=O)c1cnc(Nc2cc(I)ccc2C)nc1-c1cccnc1. The van der Waals surface area contributed by atoms with Crippen LogP contribution in [0.1, 0.15) is 15.9 Å². The first kappa shape index (κ1) is 17.3. The predicted octanol–water partition coefficient (Wildman–Crippen LogP) is 3.98. The zero-order valence-corrected chi connectivity index (χ0v) is 15.8. The van der Waals surface area contributed by atoms with Crippen LogP contribution in [0.3, 0.4) is 0 Å². The maximum absolute atomic E-state index is 12.0. The number of pyridine rings is 1. The topological polar surface area (TPSA) is 77.0 Å². The second-order valence-corrected chi connectivity index (χ2v) is 6.52. The molecule has 6 nitrogen and oxygen atoms in total. The van der Waals surface area contributed by atoms with E-state index in [4.69, 9.17) is 4.74 Å². The van der Waals surface area contributed by atoms with E-state index in [9.17, 15) is 4.79 Å². The molecule has 0 fully saturated rings. The second-order valence-electron chi connectivity index (χ2n) is 5.27. The van der Waals surface area contributed by atoms with Crippen LogP contribution in [0.15, 0.2) is 48.9 Å². The summed E-state index contributed by atoms with van der Waals surface area (Å²) >= 11 is 2.25. The third kappa shape index (κ3) is 3.93. The lowest BCUT2D eigenvalue weighted by atomic mass is 10.1. The van der Waals surface area contributed by atoms with Crippen molar-refractivity contribution in [3.8, 4) is 11.3 Å². The van der Waals surface area contributed by atoms with Gasteiger partial charge in [-0.2, -0.15) is 0 Å². The first-order valence-electron chi connectivity index (χ1n) is 7.47. The van der Waals surface area contributed by atoms with Gasteiger partial charge in [-0.05, 0) is 59.3 Å². The molecule has 0 aliphatic carbocycles. The van der Waals surface area contributed by atoms with Gasteiger partial charge in [0.2, 0.25) is 5.95 Å². The summed E-state index contributed by atoms with van der Waals surface area (Å²) in [5.41, 5.74) is 3.47. The smallest absolute Gasteiger partial charge is 0.341 e. The molecule has 0 saturated heterocycles. The van der Waals surface area contributed by atoms with E-state index in [-0.39, 0.29) is 0 Å². The Labute approximate surface area is 158 Å². The number of benzene rings is 1. The van der Waals surface area contributed by atoms with Crippen molar-refractivity contribution in [2.75, 3.05) is 12.4 Å². The Hall–Kier alpha value is -2.55. The van der Waals surface area contributed by atoms with E-state index in [1.54, 1.807) is 18.5 Å². The number of aromatic nitrogens is 3. The van der Waals surface area contributed by atoms with Gasteiger partial charge in [-0.15, -0.1) is 0 Å². The van der Waals surface area contributed by atoms with Crippen molar-refractivity contribution >= 4 is 40.2 Å². The molecule has 25 heavy (non-hydrogen) atoms. The number of anilines is 2. The van der Waals surface area contributed by atoms with Gasteiger partial charge in [0, 0.05) is 33.4 Å². The van der Waals surface area contributed by atoms with E-state index in [0.29, 0.717) is 22.8 Å². The molecule has 1 N–H and O–H groups in total. The lowest BCUT2D eigenvalue weighted by molar-refractivity contribution is 0.0601. The van der Waals surface area contributed by atoms with Crippen molar-refractivity contribution in [2.24, 2.45) is 0 Å². The van der Waals surface area contributed by atoms with Crippen molar-refractivity contribution in [3.05, 3.63) is 63.6 Å². The lowest BCUT2D eigenvalue weighted by Crippen LogP contribution is -2.08. The number of ether oxygens (including phenoxy) is 1. The van der Waals surface area contributed by atoms with Gasteiger partial charge in [0.1, 0.15) is 5.56 Å². The van der Waals surface area contributed by atoms with Crippen LogP contribution in [0.4, 0.5) is 11.6 Å². The molecule has 0 aliphatic rings. The number of hydrogen-bond donors (Lipinski definition) is 1. The maximum Gasteiger partial charge on any atom is 0.341 e. The van der Waals surface area contributed by atoms with Gasteiger partial charge < -0.3 is 10.1 Å². The number of methoxy groups -OCH3 is 1. The number of carbonyl (C=O) groups is 1.